The molecule has 0 spiro atoms. The number of methoxy groups -OCH3 is 1. The third-order valence-electron chi connectivity index (χ3n) is 10.4. The standard InChI is InChI=1S/C40H50O20/c1-15(2)6-11-20-23(56-39-31(50)29(48)27(46)24(13-41)57-39)12-21(43)25-28(47)36(34(58-35(20)25)18-7-9-19(52-5)10-8-18)60-40-32(51)37(33(16(3)54-40)55-17(4)42)59-38-30(49)26(45)22(44)14-53-38/h6-10,12,16,22,24,26-27,29-33,37-41,43-46,48-51H,11,13-14H2,1-5H3. The molecule has 14 unspecified atom stereocenters. The molecule has 3 saturated heterocycles. The van der Waals surface area contributed by atoms with Gasteiger partial charge in [-0.15, -0.1) is 0 Å². The molecule has 3 fully saturated rings. The van der Waals surface area contributed by atoms with Gasteiger partial charge in [-0.25, -0.2) is 0 Å². The fourth-order valence-electron chi connectivity index (χ4n) is 7.06. The third-order valence-corrected chi connectivity index (χ3v) is 10.4. The van der Waals surface area contributed by atoms with Crippen LogP contribution in [0.1, 0.15) is 33.3 Å². The summed E-state index contributed by atoms with van der Waals surface area (Å²) < 4.78 is 52.1. The zero-order valence-electron chi connectivity index (χ0n) is 33.2. The SMILES string of the molecule is COc1ccc(-c2oc3c(CC=C(C)C)c(OC4OC(CO)C(O)C(O)C4O)cc(O)c3c(=O)c2OC2OC(C)C(OC(C)=O)C(OC3OCC(O)C(O)C3O)C2O)cc1. The number of rotatable bonds is 12. The molecule has 330 valence electrons. The smallest absolute Gasteiger partial charge is 0.303 e. The van der Waals surface area contributed by atoms with Gasteiger partial charge in [-0.1, -0.05) is 11.6 Å². The Kier molecular flexibility index (Phi) is 14.0. The maximum atomic E-state index is 14.7. The third kappa shape index (κ3) is 9.10. The van der Waals surface area contributed by atoms with Gasteiger partial charge in [0.1, 0.15) is 83.2 Å². The summed E-state index contributed by atoms with van der Waals surface area (Å²) in [6.45, 7) is 4.97. The number of ether oxygens (including phenoxy) is 8. The number of phenols is 1. The number of phenolic OH excluding ortho intramolecular Hbond substituents is 1. The van der Waals surface area contributed by atoms with Crippen molar-refractivity contribution in [2.75, 3.05) is 20.3 Å². The number of allylic oxidation sites excluding steroid dienone is 2. The van der Waals surface area contributed by atoms with Gasteiger partial charge in [0.15, 0.2) is 18.2 Å². The van der Waals surface area contributed by atoms with Crippen LogP contribution in [-0.4, -0.2) is 158 Å². The van der Waals surface area contributed by atoms with Crippen molar-refractivity contribution in [3.63, 3.8) is 0 Å². The van der Waals surface area contributed by atoms with Crippen LogP contribution in [0.2, 0.25) is 0 Å². The molecule has 9 N–H and O–H groups in total. The van der Waals surface area contributed by atoms with Crippen LogP contribution in [-0.2, 0) is 34.9 Å². The summed E-state index contributed by atoms with van der Waals surface area (Å²) in [6, 6.07) is 7.24. The van der Waals surface area contributed by atoms with E-state index in [1.165, 1.54) is 26.2 Å². The zero-order valence-corrected chi connectivity index (χ0v) is 33.2. The van der Waals surface area contributed by atoms with E-state index in [1.807, 2.05) is 0 Å². The molecule has 60 heavy (non-hydrogen) atoms. The number of benzene rings is 2. The highest BCUT2D eigenvalue weighted by Crippen LogP contribution is 2.42. The van der Waals surface area contributed by atoms with Gasteiger partial charge in [0, 0.05) is 24.1 Å². The Morgan fingerprint density at radius 3 is 2.15 bits per heavy atom. The predicted octanol–water partition coefficient (Wildman–Crippen LogP) is -0.898. The molecule has 3 aliphatic heterocycles. The van der Waals surface area contributed by atoms with Crippen molar-refractivity contribution in [3.8, 4) is 34.3 Å². The summed E-state index contributed by atoms with van der Waals surface area (Å²) in [5.41, 5.74) is 0.0226. The lowest BCUT2D eigenvalue weighted by Crippen LogP contribution is -2.63. The molecule has 2 aromatic carbocycles. The van der Waals surface area contributed by atoms with Crippen molar-refractivity contribution in [2.45, 2.75) is 120 Å². The second-order valence-electron chi connectivity index (χ2n) is 14.9. The van der Waals surface area contributed by atoms with Gasteiger partial charge < -0.3 is 88.3 Å². The molecule has 14 atom stereocenters. The minimum absolute atomic E-state index is 0.0103. The Morgan fingerprint density at radius 2 is 1.52 bits per heavy atom. The maximum absolute atomic E-state index is 14.7. The average molecular weight is 851 g/mol. The van der Waals surface area contributed by atoms with E-state index in [2.05, 4.69) is 0 Å². The first kappa shape index (κ1) is 45.1. The van der Waals surface area contributed by atoms with E-state index in [0.717, 1.165) is 18.6 Å². The normalized spacial score (nSPS) is 33.2. The molecule has 3 aromatic rings. The first-order valence-corrected chi connectivity index (χ1v) is 19.0. The second-order valence-corrected chi connectivity index (χ2v) is 14.9. The summed E-state index contributed by atoms with van der Waals surface area (Å²) in [7, 11) is 1.44. The minimum atomic E-state index is -1.92. The molecule has 0 bridgehead atoms. The molecule has 0 radical (unpaired) electrons. The van der Waals surface area contributed by atoms with Crippen molar-refractivity contribution in [1.29, 1.82) is 0 Å². The first-order chi connectivity index (χ1) is 28.4. The monoisotopic (exact) mass is 850 g/mol. The number of hydrogen-bond donors (Lipinski definition) is 9. The zero-order chi connectivity index (χ0) is 43.7. The van der Waals surface area contributed by atoms with Crippen molar-refractivity contribution in [2.24, 2.45) is 0 Å². The Hall–Kier alpha value is -4.42. The van der Waals surface area contributed by atoms with Gasteiger partial charge in [-0.05, 0) is 51.5 Å². The lowest BCUT2D eigenvalue weighted by molar-refractivity contribution is -0.336. The van der Waals surface area contributed by atoms with E-state index >= 15 is 0 Å². The number of aliphatic hydroxyl groups is 8. The molecule has 0 saturated carbocycles. The molecule has 1 aromatic heterocycles. The summed E-state index contributed by atoms with van der Waals surface area (Å²) in [6.07, 6.45) is -20.9. The first-order valence-electron chi connectivity index (χ1n) is 19.0. The predicted molar refractivity (Wildman–Crippen MR) is 203 cm³/mol. The second kappa shape index (κ2) is 18.7. The number of aromatic hydroxyl groups is 1. The summed E-state index contributed by atoms with van der Waals surface area (Å²) in [5, 5.41) is 94.9. The Balaban J connectivity index is 1.48. The molecular weight excluding hydrogens is 800 g/mol. The van der Waals surface area contributed by atoms with Gasteiger partial charge in [-0.3, -0.25) is 9.59 Å². The molecule has 0 amide bonds. The number of carbonyl (C=O) groups is 1. The lowest BCUT2D eigenvalue weighted by atomic mass is 9.98. The molecule has 4 heterocycles. The number of esters is 1. The van der Waals surface area contributed by atoms with Crippen LogP contribution < -0.4 is 19.6 Å². The topological polar surface area (TPSA) is 303 Å². The van der Waals surface area contributed by atoms with Gasteiger partial charge in [-0.2, -0.15) is 0 Å². The maximum Gasteiger partial charge on any atom is 0.303 e. The Bertz CT molecular complexity index is 2060. The van der Waals surface area contributed by atoms with Crippen LogP contribution in [0.4, 0.5) is 0 Å². The van der Waals surface area contributed by atoms with E-state index in [9.17, 15) is 55.5 Å². The van der Waals surface area contributed by atoms with Crippen LogP contribution >= 0.6 is 0 Å². The van der Waals surface area contributed by atoms with Crippen LogP contribution in [0.15, 0.2) is 51.2 Å². The molecule has 20 nitrogen and oxygen atoms in total. The summed E-state index contributed by atoms with van der Waals surface area (Å²) >= 11 is 0. The Labute approximate surface area is 342 Å². The molecule has 20 heteroatoms. The van der Waals surface area contributed by atoms with E-state index in [4.69, 9.17) is 42.3 Å². The van der Waals surface area contributed by atoms with Crippen molar-refractivity contribution in [3.05, 3.63) is 57.8 Å². The largest absolute Gasteiger partial charge is 0.507 e. The van der Waals surface area contributed by atoms with E-state index in [1.54, 1.807) is 32.1 Å². The van der Waals surface area contributed by atoms with Crippen LogP contribution in [0, 0.1) is 0 Å². The quantitative estimate of drug-likeness (QED) is 0.0788. The number of fused-ring (bicyclic) bond motifs is 1. The number of aliphatic hydroxyl groups excluding tert-OH is 8. The van der Waals surface area contributed by atoms with Crippen LogP contribution in [0.5, 0.6) is 23.0 Å². The number of hydrogen-bond acceptors (Lipinski definition) is 20. The Morgan fingerprint density at radius 1 is 0.850 bits per heavy atom. The van der Waals surface area contributed by atoms with E-state index in [-0.39, 0.29) is 34.6 Å². The van der Waals surface area contributed by atoms with Crippen molar-refractivity contribution >= 4 is 16.9 Å². The molecular formula is C40H50O20. The molecule has 6 rings (SSSR count). The highest BCUT2D eigenvalue weighted by atomic mass is 16.7. The highest BCUT2D eigenvalue weighted by molar-refractivity contribution is 5.91. The highest BCUT2D eigenvalue weighted by Gasteiger charge is 2.51. The fraction of sp³-hybridized carbons (Fsp3) is 0.550. The molecule has 0 aliphatic carbocycles. The molecule has 3 aliphatic rings. The van der Waals surface area contributed by atoms with Gasteiger partial charge in [0.25, 0.3) is 0 Å². The van der Waals surface area contributed by atoms with Crippen molar-refractivity contribution < 1.29 is 93.1 Å². The number of carbonyl (C=O) groups excluding carboxylic acids is 1. The average Bonchev–Trinajstić information content (AvgIpc) is 3.21. The lowest BCUT2D eigenvalue weighted by Gasteiger charge is -2.45. The van der Waals surface area contributed by atoms with E-state index in [0.29, 0.717) is 5.75 Å². The van der Waals surface area contributed by atoms with Crippen LogP contribution in [0.3, 0.4) is 0 Å². The summed E-state index contributed by atoms with van der Waals surface area (Å²) in [5.74, 6) is -2.05. The van der Waals surface area contributed by atoms with E-state index < -0.39 is 128 Å². The van der Waals surface area contributed by atoms with Gasteiger partial charge >= 0.3 is 5.97 Å². The summed E-state index contributed by atoms with van der Waals surface area (Å²) in [4.78, 5) is 26.9. The van der Waals surface area contributed by atoms with Gasteiger partial charge in [0.05, 0.1) is 26.4 Å². The van der Waals surface area contributed by atoms with Crippen LogP contribution in [0.25, 0.3) is 22.3 Å². The van der Waals surface area contributed by atoms with Gasteiger partial charge in [0.2, 0.25) is 23.8 Å². The van der Waals surface area contributed by atoms with Crippen molar-refractivity contribution in [1.82, 2.24) is 0 Å². The minimum Gasteiger partial charge on any atom is -0.507 e. The fourth-order valence-corrected chi connectivity index (χ4v) is 7.06.